The molecular weight excluding hydrogens is 458 g/mol. The molecule has 3 heterocycles. The van der Waals surface area contributed by atoms with Crippen LogP contribution in [0.5, 0.6) is 0 Å². The summed E-state index contributed by atoms with van der Waals surface area (Å²) < 4.78 is 0. The van der Waals surface area contributed by atoms with Gasteiger partial charge in [0.25, 0.3) is 5.69 Å². The van der Waals surface area contributed by atoms with Gasteiger partial charge in [0.05, 0.1) is 29.3 Å². The summed E-state index contributed by atoms with van der Waals surface area (Å²) in [7, 11) is 0. The number of imide groups is 1. The van der Waals surface area contributed by atoms with Gasteiger partial charge in [0, 0.05) is 23.9 Å². The second kappa shape index (κ2) is 8.27. The molecule has 0 aromatic heterocycles. The summed E-state index contributed by atoms with van der Waals surface area (Å²) in [5.41, 5.74) is 2.82. The van der Waals surface area contributed by atoms with Crippen molar-refractivity contribution in [3.05, 3.63) is 117 Å². The van der Waals surface area contributed by atoms with Gasteiger partial charge in [-0.1, -0.05) is 54.6 Å². The molecule has 3 aliphatic rings. The van der Waals surface area contributed by atoms with Crippen molar-refractivity contribution in [2.75, 3.05) is 0 Å². The Morgan fingerprint density at radius 3 is 2.25 bits per heavy atom. The maximum absolute atomic E-state index is 13.8. The van der Waals surface area contributed by atoms with Crippen LogP contribution in [0.15, 0.2) is 85.1 Å². The molecule has 0 N–H and O–H groups in total. The Morgan fingerprint density at radius 1 is 0.861 bits per heavy atom. The van der Waals surface area contributed by atoms with Gasteiger partial charge in [0.15, 0.2) is 5.78 Å². The van der Waals surface area contributed by atoms with E-state index in [1.807, 2.05) is 65.6 Å². The first-order chi connectivity index (χ1) is 17.5. The smallest absolute Gasteiger partial charge is 0.269 e. The molecule has 2 saturated heterocycles. The van der Waals surface area contributed by atoms with Crippen molar-refractivity contribution in [2.24, 2.45) is 11.8 Å². The van der Waals surface area contributed by atoms with E-state index in [0.29, 0.717) is 0 Å². The van der Waals surface area contributed by atoms with E-state index in [2.05, 4.69) is 0 Å². The zero-order valence-corrected chi connectivity index (χ0v) is 19.1. The quantitative estimate of drug-likeness (QED) is 0.237. The maximum atomic E-state index is 13.8. The summed E-state index contributed by atoms with van der Waals surface area (Å²) in [4.78, 5) is 55.0. The predicted molar refractivity (Wildman–Crippen MR) is 130 cm³/mol. The number of non-ortho nitro benzene ring substituents is 1. The summed E-state index contributed by atoms with van der Waals surface area (Å²) >= 11 is 0. The topological polar surface area (TPSA) is 101 Å². The lowest BCUT2D eigenvalue weighted by Crippen LogP contribution is -2.44. The number of nitro benzene ring substituents is 1. The fourth-order valence-corrected chi connectivity index (χ4v) is 5.76. The number of nitrogens with zero attached hydrogens (tertiary/aromatic N) is 3. The maximum Gasteiger partial charge on any atom is 0.269 e. The SMILES string of the molecule is O=C(c1ccc([N+](=O)[O-])cc1)C1[C@H]2C(=O)N(Cc3ccccc3)C(=O)[C@H]2C2c3ccccc3C=CN12. The van der Waals surface area contributed by atoms with Crippen molar-refractivity contribution in [3.8, 4) is 0 Å². The van der Waals surface area contributed by atoms with Crippen LogP contribution in [0.25, 0.3) is 6.08 Å². The molecule has 8 nitrogen and oxygen atoms in total. The number of hydrogen-bond acceptors (Lipinski definition) is 6. The Balaban J connectivity index is 1.43. The average Bonchev–Trinajstić information content (AvgIpc) is 3.37. The third-order valence-corrected chi connectivity index (χ3v) is 7.37. The zero-order valence-electron chi connectivity index (χ0n) is 19.1. The molecule has 0 radical (unpaired) electrons. The number of carbonyl (C=O) groups excluding carboxylic acids is 3. The highest BCUT2D eigenvalue weighted by Crippen LogP contribution is 2.53. The van der Waals surface area contributed by atoms with Crippen LogP contribution in [0.4, 0.5) is 5.69 Å². The molecule has 2 unspecified atom stereocenters. The first-order valence-corrected chi connectivity index (χ1v) is 11.7. The highest BCUT2D eigenvalue weighted by Gasteiger charge is 2.64. The Kier molecular flexibility index (Phi) is 5.03. The molecule has 0 saturated carbocycles. The summed E-state index contributed by atoms with van der Waals surface area (Å²) in [6, 6.07) is 21.0. The molecule has 2 amide bonds. The van der Waals surface area contributed by atoms with E-state index >= 15 is 0 Å². The van der Waals surface area contributed by atoms with E-state index in [1.165, 1.54) is 29.2 Å². The number of Topliss-reactive ketones (excluding diaryl/α,β-unsaturated/α-hetero) is 1. The monoisotopic (exact) mass is 479 g/mol. The van der Waals surface area contributed by atoms with E-state index in [4.69, 9.17) is 0 Å². The minimum atomic E-state index is -0.900. The molecule has 0 spiro atoms. The number of fused-ring (bicyclic) bond motifs is 5. The molecular formula is C28H21N3O5. The Labute approximate surface area is 206 Å². The summed E-state index contributed by atoms with van der Waals surface area (Å²) in [5.74, 6) is -2.56. The standard InChI is InChI=1S/C28H21N3O5/c32-26(19-10-12-20(13-11-19)31(35)36)25-23-22(24-21-9-5-4-8-18(21)14-15-29(24)25)27(33)30(28(23)34)16-17-6-2-1-3-7-17/h1-15,22-25H,16H2/t22-,23+,24?,25?/m1/s1. The van der Waals surface area contributed by atoms with E-state index in [-0.39, 0.29) is 35.4 Å². The number of ketones is 1. The van der Waals surface area contributed by atoms with Crippen molar-refractivity contribution in [1.82, 2.24) is 9.80 Å². The average molecular weight is 479 g/mol. The van der Waals surface area contributed by atoms with Gasteiger partial charge in [-0.15, -0.1) is 0 Å². The Morgan fingerprint density at radius 2 is 1.53 bits per heavy atom. The molecule has 8 heteroatoms. The first kappa shape index (κ1) is 21.9. The van der Waals surface area contributed by atoms with Crippen molar-refractivity contribution in [1.29, 1.82) is 0 Å². The molecule has 3 aromatic rings. The van der Waals surface area contributed by atoms with Gasteiger partial charge in [-0.2, -0.15) is 0 Å². The summed E-state index contributed by atoms with van der Waals surface area (Å²) in [6.07, 6.45) is 3.68. The Bertz CT molecular complexity index is 1430. The van der Waals surface area contributed by atoms with Crippen molar-refractivity contribution in [2.45, 2.75) is 18.6 Å². The highest BCUT2D eigenvalue weighted by molar-refractivity contribution is 6.12. The second-order valence-electron chi connectivity index (χ2n) is 9.25. The van der Waals surface area contributed by atoms with Gasteiger partial charge in [0.2, 0.25) is 11.8 Å². The van der Waals surface area contributed by atoms with Crippen LogP contribution in [0, 0.1) is 22.0 Å². The predicted octanol–water partition coefficient (Wildman–Crippen LogP) is 3.99. The number of likely N-dealkylation sites (tertiary alicyclic amines) is 1. The van der Waals surface area contributed by atoms with Crippen LogP contribution < -0.4 is 0 Å². The summed E-state index contributed by atoms with van der Waals surface area (Å²) in [5, 5.41) is 11.1. The molecule has 6 rings (SSSR count). The fourth-order valence-electron chi connectivity index (χ4n) is 5.76. The van der Waals surface area contributed by atoms with Crippen LogP contribution in [0.3, 0.4) is 0 Å². The van der Waals surface area contributed by atoms with Gasteiger partial charge in [0.1, 0.15) is 6.04 Å². The molecule has 0 bridgehead atoms. The molecule has 36 heavy (non-hydrogen) atoms. The van der Waals surface area contributed by atoms with Crippen LogP contribution in [0.1, 0.15) is 33.1 Å². The van der Waals surface area contributed by atoms with Gasteiger partial charge < -0.3 is 4.90 Å². The van der Waals surface area contributed by atoms with Crippen LogP contribution >= 0.6 is 0 Å². The molecule has 3 aromatic carbocycles. The molecule has 4 atom stereocenters. The first-order valence-electron chi connectivity index (χ1n) is 11.7. The van der Waals surface area contributed by atoms with Gasteiger partial charge >= 0.3 is 0 Å². The van der Waals surface area contributed by atoms with Gasteiger partial charge in [-0.05, 0) is 34.9 Å². The minimum absolute atomic E-state index is 0.123. The Hall–Kier alpha value is -4.59. The van der Waals surface area contributed by atoms with Gasteiger partial charge in [-0.25, -0.2) is 0 Å². The second-order valence-corrected chi connectivity index (χ2v) is 9.25. The third kappa shape index (κ3) is 3.25. The largest absolute Gasteiger partial charge is 0.358 e. The molecule has 3 aliphatic heterocycles. The van der Waals surface area contributed by atoms with E-state index in [9.17, 15) is 24.5 Å². The zero-order chi connectivity index (χ0) is 25.0. The van der Waals surface area contributed by atoms with E-state index in [1.54, 1.807) is 6.20 Å². The highest BCUT2D eigenvalue weighted by atomic mass is 16.6. The number of hydrogen-bond donors (Lipinski definition) is 0. The molecule has 178 valence electrons. The number of carbonyl (C=O) groups is 3. The number of rotatable bonds is 5. The summed E-state index contributed by atoms with van der Waals surface area (Å²) in [6.45, 7) is 0.147. The normalized spacial score (nSPS) is 23.9. The number of nitro groups is 1. The number of amides is 2. The van der Waals surface area contributed by atoms with Crippen molar-refractivity contribution < 1.29 is 19.3 Å². The lowest BCUT2D eigenvalue weighted by molar-refractivity contribution is -0.384. The number of benzene rings is 3. The van der Waals surface area contributed by atoms with E-state index in [0.717, 1.165) is 16.7 Å². The molecule has 0 aliphatic carbocycles. The van der Waals surface area contributed by atoms with Gasteiger partial charge in [-0.3, -0.25) is 29.4 Å². The lowest BCUT2D eigenvalue weighted by Gasteiger charge is -2.35. The van der Waals surface area contributed by atoms with Crippen LogP contribution in [-0.4, -0.2) is 38.4 Å². The minimum Gasteiger partial charge on any atom is -0.358 e. The van der Waals surface area contributed by atoms with Crippen LogP contribution in [0.2, 0.25) is 0 Å². The lowest BCUT2D eigenvalue weighted by atomic mass is 9.83. The molecule has 2 fully saturated rings. The third-order valence-electron chi connectivity index (χ3n) is 7.37. The van der Waals surface area contributed by atoms with Crippen molar-refractivity contribution in [3.63, 3.8) is 0 Å². The van der Waals surface area contributed by atoms with Crippen molar-refractivity contribution >= 4 is 29.4 Å². The fraction of sp³-hybridized carbons (Fsp3) is 0.179. The van der Waals surface area contributed by atoms with E-state index < -0.39 is 28.8 Å². The van der Waals surface area contributed by atoms with Crippen LogP contribution in [-0.2, 0) is 16.1 Å².